The fraction of sp³-hybridized carbons (Fsp3) is 0.471. The molecular formula is C17H22N2O5. The van der Waals surface area contributed by atoms with Crippen molar-refractivity contribution in [1.82, 2.24) is 5.32 Å². The molecule has 1 fully saturated rings. The Kier molecular flexibility index (Phi) is 6.31. The van der Waals surface area contributed by atoms with Gasteiger partial charge in [-0.3, -0.25) is 19.7 Å². The summed E-state index contributed by atoms with van der Waals surface area (Å²) in [5.74, 6) is -0.430. The maximum Gasteiger partial charge on any atom is 0.319 e. The zero-order valence-electron chi connectivity index (χ0n) is 13.9. The summed E-state index contributed by atoms with van der Waals surface area (Å²) in [4.78, 5) is 37.0. The molecule has 1 heterocycles. The standard InChI is InChI=1S/C17H22N2O5/c1-3-9-24-13-7-5-12(6-8-13)19-15(20)10-14(17(19)22)18-11-16(21)23-4-2/h5-8,14,18H,3-4,9-11H2,1-2H3/t14-/m1/s1. The summed E-state index contributed by atoms with van der Waals surface area (Å²) in [7, 11) is 0. The molecule has 1 saturated heterocycles. The lowest BCUT2D eigenvalue weighted by Gasteiger charge is -2.16. The maximum atomic E-state index is 12.4. The molecule has 1 atom stereocenters. The zero-order chi connectivity index (χ0) is 17.5. The first kappa shape index (κ1) is 17.9. The van der Waals surface area contributed by atoms with Crippen LogP contribution in [0.25, 0.3) is 0 Å². The van der Waals surface area contributed by atoms with Gasteiger partial charge in [0.1, 0.15) is 5.75 Å². The van der Waals surface area contributed by atoms with Crippen LogP contribution in [0.5, 0.6) is 5.75 Å². The van der Waals surface area contributed by atoms with Crippen LogP contribution in [0.3, 0.4) is 0 Å². The second kappa shape index (κ2) is 8.44. The Hall–Kier alpha value is -2.41. The van der Waals surface area contributed by atoms with Gasteiger partial charge in [-0.2, -0.15) is 0 Å². The lowest BCUT2D eigenvalue weighted by Crippen LogP contribution is -2.41. The second-order valence-corrected chi connectivity index (χ2v) is 5.35. The number of carbonyl (C=O) groups excluding carboxylic acids is 3. The molecule has 1 aromatic rings. The average molecular weight is 334 g/mol. The number of benzene rings is 1. The predicted octanol–water partition coefficient (Wildman–Crippen LogP) is 1.26. The van der Waals surface area contributed by atoms with Crippen molar-refractivity contribution in [2.24, 2.45) is 0 Å². The number of rotatable bonds is 8. The van der Waals surface area contributed by atoms with Gasteiger partial charge in [-0.1, -0.05) is 6.92 Å². The molecule has 1 aliphatic heterocycles. The van der Waals surface area contributed by atoms with Gasteiger partial charge in [0, 0.05) is 0 Å². The van der Waals surface area contributed by atoms with E-state index in [1.165, 1.54) is 0 Å². The highest BCUT2D eigenvalue weighted by molar-refractivity contribution is 6.22. The van der Waals surface area contributed by atoms with Gasteiger partial charge in [-0.15, -0.1) is 0 Å². The Morgan fingerprint density at radius 1 is 1.25 bits per heavy atom. The van der Waals surface area contributed by atoms with Crippen LogP contribution in [0.1, 0.15) is 26.7 Å². The third-order valence-electron chi connectivity index (χ3n) is 3.51. The molecule has 0 aromatic heterocycles. The summed E-state index contributed by atoms with van der Waals surface area (Å²) in [6, 6.07) is 6.09. The lowest BCUT2D eigenvalue weighted by molar-refractivity contribution is -0.142. The molecule has 0 bridgehead atoms. The molecule has 2 amide bonds. The second-order valence-electron chi connectivity index (χ2n) is 5.35. The Labute approximate surface area is 140 Å². The number of ether oxygens (including phenoxy) is 2. The Bertz CT molecular complexity index is 600. The van der Waals surface area contributed by atoms with Crippen LogP contribution < -0.4 is 15.0 Å². The highest BCUT2D eigenvalue weighted by atomic mass is 16.5. The molecule has 0 aliphatic carbocycles. The minimum atomic E-state index is -0.710. The number of hydrogen-bond donors (Lipinski definition) is 1. The molecule has 0 radical (unpaired) electrons. The summed E-state index contributed by atoms with van der Waals surface area (Å²) < 4.78 is 10.3. The van der Waals surface area contributed by atoms with Crippen molar-refractivity contribution in [1.29, 1.82) is 0 Å². The number of imide groups is 1. The highest BCUT2D eigenvalue weighted by Gasteiger charge is 2.39. The van der Waals surface area contributed by atoms with Crippen molar-refractivity contribution in [3.63, 3.8) is 0 Å². The van der Waals surface area contributed by atoms with Gasteiger partial charge in [0.15, 0.2) is 0 Å². The number of anilines is 1. The molecular weight excluding hydrogens is 312 g/mol. The van der Waals surface area contributed by atoms with Gasteiger partial charge in [-0.05, 0) is 37.6 Å². The van der Waals surface area contributed by atoms with Crippen molar-refractivity contribution in [3.05, 3.63) is 24.3 Å². The van der Waals surface area contributed by atoms with E-state index in [9.17, 15) is 14.4 Å². The van der Waals surface area contributed by atoms with Gasteiger partial charge in [0.25, 0.3) is 5.91 Å². The molecule has 1 N–H and O–H groups in total. The summed E-state index contributed by atoms with van der Waals surface area (Å²) in [5.41, 5.74) is 0.495. The maximum absolute atomic E-state index is 12.4. The topological polar surface area (TPSA) is 84.9 Å². The smallest absolute Gasteiger partial charge is 0.319 e. The van der Waals surface area contributed by atoms with Crippen molar-refractivity contribution < 1.29 is 23.9 Å². The summed E-state index contributed by atoms with van der Waals surface area (Å²) in [5, 5.41) is 2.77. The first-order chi connectivity index (χ1) is 11.6. The fourth-order valence-corrected chi connectivity index (χ4v) is 2.39. The number of hydrogen-bond acceptors (Lipinski definition) is 6. The van der Waals surface area contributed by atoms with E-state index in [1.54, 1.807) is 31.2 Å². The first-order valence-electron chi connectivity index (χ1n) is 8.05. The number of carbonyl (C=O) groups is 3. The van der Waals surface area contributed by atoms with E-state index in [2.05, 4.69) is 5.32 Å². The Morgan fingerprint density at radius 3 is 2.58 bits per heavy atom. The molecule has 130 valence electrons. The molecule has 1 aliphatic rings. The Morgan fingerprint density at radius 2 is 1.96 bits per heavy atom. The number of nitrogens with one attached hydrogen (secondary N) is 1. The van der Waals surface area contributed by atoms with Crippen molar-refractivity contribution in [2.45, 2.75) is 32.7 Å². The van der Waals surface area contributed by atoms with E-state index < -0.39 is 12.0 Å². The summed E-state index contributed by atoms with van der Waals surface area (Å²) >= 11 is 0. The number of esters is 1. The summed E-state index contributed by atoms with van der Waals surface area (Å²) in [6.07, 6.45) is 0.922. The van der Waals surface area contributed by atoms with E-state index in [-0.39, 0.29) is 31.4 Å². The van der Waals surface area contributed by atoms with E-state index in [4.69, 9.17) is 9.47 Å². The molecule has 0 spiro atoms. The summed E-state index contributed by atoms with van der Waals surface area (Å²) in [6.45, 7) is 4.50. The van der Waals surface area contributed by atoms with E-state index >= 15 is 0 Å². The molecule has 0 saturated carbocycles. The van der Waals surface area contributed by atoms with Gasteiger partial charge < -0.3 is 9.47 Å². The van der Waals surface area contributed by atoms with Crippen molar-refractivity contribution >= 4 is 23.5 Å². The van der Waals surface area contributed by atoms with E-state index in [0.717, 1.165) is 11.3 Å². The normalized spacial score (nSPS) is 17.2. The van der Waals surface area contributed by atoms with Crippen molar-refractivity contribution in [2.75, 3.05) is 24.7 Å². The lowest BCUT2D eigenvalue weighted by atomic mass is 10.2. The highest BCUT2D eigenvalue weighted by Crippen LogP contribution is 2.25. The van der Waals surface area contributed by atoms with Crippen LogP contribution in [0.15, 0.2) is 24.3 Å². The van der Waals surface area contributed by atoms with Crippen LogP contribution in [-0.4, -0.2) is 43.6 Å². The minimum Gasteiger partial charge on any atom is -0.494 e. The molecule has 1 aromatic carbocycles. The quantitative estimate of drug-likeness (QED) is 0.569. The Balaban J connectivity index is 1.99. The minimum absolute atomic E-state index is 0.0202. The van der Waals surface area contributed by atoms with Crippen LogP contribution in [-0.2, 0) is 19.1 Å². The zero-order valence-corrected chi connectivity index (χ0v) is 13.9. The number of amides is 2. The van der Waals surface area contributed by atoms with Gasteiger partial charge in [-0.25, -0.2) is 4.90 Å². The molecule has 0 unspecified atom stereocenters. The van der Waals surface area contributed by atoms with Gasteiger partial charge in [0.05, 0.1) is 37.9 Å². The molecule has 24 heavy (non-hydrogen) atoms. The average Bonchev–Trinajstić information content (AvgIpc) is 2.86. The first-order valence-corrected chi connectivity index (χ1v) is 8.05. The van der Waals surface area contributed by atoms with E-state index in [0.29, 0.717) is 18.0 Å². The van der Waals surface area contributed by atoms with Crippen LogP contribution in [0.4, 0.5) is 5.69 Å². The third-order valence-corrected chi connectivity index (χ3v) is 3.51. The van der Waals surface area contributed by atoms with Gasteiger partial charge >= 0.3 is 5.97 Å². The van der Waals surface area contributed by atoms with Crippen LogP contribution >= 0.6 is 0 Å². The fourth-order valence-electron chi connectivity index (χ4n) is 2.39. The van der Waals surface area contributed by atoms with Crippen LogP contribution in [0, 0.1) is 0 Å². The number of nitrogens with zero attached hydrogens (tertiary/aromatic N) is 1. The molecule has 7 heteroatoms. The van der Waals surface area contributed by atoms with Crippen molar-refractivity contribution in [3.8, 4) is 5.75 Å². The monoisotopic (exact) mass is 334 g/mol. The van der Waals surface area contributed by atoms with E-state index in [1.807, 2.05) is 6.92 Å². The predicted molar refractivity (Wildman–Crippen MR) is 87.8 cm³/mol. The largest absolute Gasteiger partial charge is 0.494 e. The van der Waals surface area contributed by atoms with Crippen LogP contribution in [0.2, 0.25) is 0 Å². The molecule has 7 nitrogen and oxygen atoms in total. The molecule has 2 rings (SSSR count). The third kappa shape index (κ3) is 4.32. The SMILES string of the molecule is CCCOc1ccc(N2C(=O)C[C@@H](NCC(=O)OCC)C2=O)cc1. The van der Waals surface area contributed by atoms with Gasteiger partial charge in [0.2, 0.25) is 5.91 Å².